The lowest BCUT2D eigenvalue weighted by molar-refractivity contribution is 0.0934. The molecule has 0 aliphatic heterocycles. The molecule has 1 atom stereocenters. The summed E-state index contributed by atoms with van der Waals surface area (Å²) >= 11 is 6.21. The summed E-state index contributed by atoms with van der Waals surface area (Å²) in [5, 5.41) is 4.57. The molecular weight excluding hydrogens is 400 g/mol. The first-order valence-corrected chi connectivity index (χ1v) is 10.0. The smallest absolute Gasteiger partial charge is 0.253 e. The summed E-state index contributed by atoms with van der Waals surface area (Å²) in [6.45, 7) is 4.15. The van der Waals surface area contributed by atoms with E-state index in [2.05, 4.69) is 5.32 Å². The number of rotatable bonds is 5. The fourth-order valence-electron chi connectivity index (χ4n) is 3.55. The maximum Gasteiger partial charge on any atom is 0.253 e. The minimum atomic E-state index is -0.325. The van der Waals surface area contributed by atoms with Crippen LogP contribution in [0.2, 0.25) is 5.02 Å². The number of benzene rings is 2. The summed E-state index contributed by atoms with van der Waals surface area (Å²) in [5.74, 6) is 0.434. The molecular formula is C24H21ClN2O3. The van der Waals surface area contributed by atoms with Crippen LogP contribution in [0.25, 0.3) is 11.0 Å². The highest BCUT2D eigenvalue weighted by atomic mass is 35.5. The molecule has 0 spiro atoms. The highest BCUT2D eigenvalue weighted by molar-refractivity contribution is 6.31. The van der Waals surface area contributed by atoms with Crippen molar-refractivity contribution in [1.82, 2.24) is 9.88 Å². The molecule has 0 fully saturated rings. The number of carbonyl (C=O) groups is 1. The predicted octanol–water partition coefficient (Wildman–Crippen LogP) is 5.10. The van der Waals surface area contributed by atoms with Crippen LogP contribution in [0.5, 0.6) is 0 Å². The summed E-state index contributed by atoms with van der Waals surface area (Å²) in [6, 6.07) is 17.7. The molecule has 0 bridgehead atoms. The van der Waals surface area contributed by atoms with Crippen molar-refractivity contribution in [2.75, 3.05) is 0 Å². The van der Waals surface area contributed by atoms with E-state index in [1.165, 1.54) is 16.7 Å². The number of fused-ring (bicyclic) bond motifs is 1. The van der Waals surface area contributed by atoms with Gasteiger partial charge < -0.3 is 14.3 Å². The summed E-state index contributed by atoms with van der Waals surface area (Å²) in [6.07, 6.45) is 1.55. The Labute approximate surface area is 178 Å². The van der Waals surface area contributed by atoms with Crippen LogP contribution in [0.4, 0.5) is 0 Å². The van der Waals surface area contributed by atoms with Gasteiger partial charge in [-0.3, -0.25) is 9.59 Å². The molecule has 2 aromatic carbocycles. The van der Waals surface area contributed by atoms with Crippen molar-refractivity contribution in [3.8, 4) is 0 Å². The Balaban J connectivity index is 1.56. The topological polar surface area (TPSA) is 64.2 Å². The molecule has 1 unspecified atom stereocenters. The van der Waals surface area contributed by atoms with E-state index in [1.807, 2.05) is 56.3 Å². The van der Waals surface area contributed by atoms with Crippen molar-refractivity contribution in [3.05, 3.63) is 105 Å². The van der Waals surface area contributed by atoms with E-state index >= 15 is 0 Å². The van der Waals surface area contributed by atoms with Gasteiger partial charge in [0.1, 0.15) is 11.3 Å². The van der Waals surface area contributed by atoms with Crippen molar-refractivity contribution in [2.45, 2.75) is 26.4 Å². The third kappa shape index (κ3) is 3.89. The maximum absolute atomic E-state index is 12.8. The highest BCUT2D eigenvalue weighted by Gasteiger charge is 2.19. The number of nitrogens with zero attached hydrogens (tertiary/aromatic N) is 1. The molecule has 0 saturated heterocycles. The fourth-order valence-corrected chi connectivity index (χ4v) is 3.75. The summed E-state index contributed by atoms with van der Waals surface area (Å²) < 4.78 is 7.43. The second-order valence-corrected chi connectivity index (χ2v) is 7.67. The van der Waals surface area contributed by atoms with Crippen molar-refractivity contribution < 1.29 is 9.21 Å². The Hall–Kier alpha value is -3.31. The van der Waals surface area contributed by atoms with Gasteiger partial charge in [-0.25, -0.2) is 0 Å². The standard InChI is InChI=1S/C24H21ClN2O3/c1-15-19-8-4-6-10-21(19)30-23(15)16(2)26-24(29)18-11-12-22(28)27(14-18)13-17-7-3-5-9-20(17)25/h3-12,14,16H,13H2,1-2H3,(H,26,29). The van der Waals surface area contributed by atoms with Crippen LogP contribution in [0.1, 0.15) is 40.2 Å². The zero-order valence-electron chi connectivity index (χ0n) is 16.7. The second kappa shape index (κ2) is 8.20. The van der Waals surface area contributed by atoms with Gasteiger partial charge in [0.25, 0.3) is 11.5 Å². The van der Waals surface area contributed by atoms with Gasteiger partial charge in [0.05, 0.1) is 18.2 Å². The van der Waals surface area contributed by atoms with E-state index in [1.54, 1.807) is 12.3 Å². The fraction of sp³-hybridized carbons (Fsp3) is 0.167. The summed E-state index contributed by atoms with van der Waals surface area (Å²) in [4.78, 5) is 25.1. The van der Waals surface area contributed by atoms with Gasteiger partial charge in [-0.1, -0.05) is 48.0 Å². The third-order valence-electron chi connectivity index (χ3n) is 5.17. The minimum absolute atomic E-state index is 0.201. The first kappa shape index (κ1) is 20.0. The first-order chi connectivity index (χ1) is 14.4. The lowest BCUT2D eigenvalue weighted by Gasteiger charge is -2.14. The number of hydrogen-bond donors (Lipinski definition) is 1. The van der Waals surface area contributed by atoms with Crippen LogP contribution >= 0.6 is 11.6 Å². The molecule has 0 radical (unpaired) electrons. The number of furan rings is 1. The quantitative estimate of drug-likeness (QED) is 0.488. The number of carbonyl (C=O) groups excluding carboxylic acids is 1. The van der Waals surface area contributed by atoms with Crippen molar-refractivity contribution in [3.63, 3.8) is 0 Å². The molecule has 0 aliphatic rings. The zero-order chi connectivity index (χ0) is 21.3. The largest absolute Gasteiger partial charge is 0.459 e. The number of pyridine rings is 1. The Kier molecular flexibility index (Phi) is 5.46. The Morgan fingerprint density at radius 3 is 2.60 bits per heavy atom. The number of para-hydroxylation sites is 1. The van der Waals surface area contributed by atoms with Crippen LogP contribution in [-0.2, 0) is 6.54 Å². The SMILES string of the molecule is Cc1c(C(C)NC(=O)c2ccc(=O)n(Cc3ccccc3Cl)c2)oc2ccccc12. The average Bonchev–Trinajstić information content (AvgIpc) is 3.08. The summed E-state index contributed by atoms with van der Waals surface area (Å²) in [7, 11) is 0. The molecule has 4 rings (SSSR count). The molecule has 5 nitrogen and oxygen atoms in total. The number of aryl methyl sites for hydroxylation is 1. The molecule has 0 saturated carbocycles. The molecule has 0 aliphatic carbocycles. The Morgan fingerprint density at radius 1 is 1.10 bits per heavy atom. The summed E-state index contributed by atoms with van der Waals surface area (Å²) in [5.41, 5.74) is 2.79. The number of aromatic nitrogens is 1. The number of hydrogen-bond acceptors (Lipinski definition) is 3. The monoisotopic (exact) mass is 420 g/mol. The van der Waals surface area contributed by atoms with Gasteiger partial charge in [-0.2, -0.15) is 0 Å². The number of halogens is 1. The van der Waals surface area contributed by atoms with E-state index in [0.717, 1.165) is 22.1 Å². The first-order valence-electron chi connectivity index (χ1n) is 9.67. The Morgan fingerprint density at radius 2 is 1.83 bits per heavy atom. The lowest BCUT2D eigenvalue weighted by atomic mass is 10.1. The number of amides is 1. The predicted molar refractivity (Wildman–Crippen MR) is 118 cm³/mol. The minimum Gasteiger partial charge on any atom is -0.459 e. The van der Waals surface area contributed by atoms with Crippen LogP contribution in [0, 0.1) is 6.92 Å². The van der Waals surface area contributed by atoms with E-state index in [-0.39, 0.29) is 24.1 Å². The maximum atomic E-state index is 12.8. The van der Waals surface area contributed by atoms with Crippen molar-refractivity contribution >= 4 is 28.5 Å². The Bertz CT molecular complexity index is 1290. The van der Waals surface area contributed by atoms with Gasteiger partial charge in [0, 0.05) is 28.2 Å². The highest BCUT2D eigenvalue weighted by Crippen LogP contribution is 2.29. The number of nitrogens with one attached hydrogen (secondary N) is 1. The molecule has 2 aromatic heterocycles. The van der Waals surface area contributed by atoms with Crippen molar-refractivity contribution in [2.24, 2.45) is 0 Å². The van der Waals surface area contributed by atoms with Gasteiger partial charge >= 0.3 is 0 Å². The lowest BCUT2D eigenvalue weighted by Crippen LogP contribution is -2.29. The molecule has 1 amide bonds. The zero-order valence-corrected chi connectivity index (χ0v) is 17.4. The van der Waals surface area contributed by atoms with Crippen molar-refractivity contribution in [1.29, 1.82) is 0 Å². The van der Waals surface area contributed by atoms with Gasteiger partial charge in [0.2, 0.25) is 0 Å². The average molecular weight is 421 g/mol. The second-order valence-electron chi connectivity index (χ2n) is 7.26. The molecule has 30 heavy (non-hydrogen) atoms. The van der Waals surface area contributed by atoms with Crippen LogP contribution in [-0.4, -0.2) is 10.5 Å². The normalized spacial score (nSPS) is 12.1. The van der Waals surface area contributed by atoms with E-state index in [4.69, 9.17) is 16.0 Å². The third-order valence-corrected chi connectivity index (χ3v) is 5.53. The van der Waals surface area contributed by atoms with E-state index in [0.29, 0.717) is 16.3 Å². The van der Waals surface area contributed by atoms with E-state index < -0.39 is 0 Å². The van der Waals surface area contributed by atoms with Crippen LogP contribution in [0.15, 0.2) is 76.1 Å². The van der Waals surface area contributed by atoms with E-state index in [9.17, 15) is 9.59 Å². The molecule has 152 valence electrons. The van der Waals surface area contributed by atoms with Crippen LogP contribution in [0.3, 0.4) is 0 Å². The van der Waals surface area contributed by atoms with Gasteiger partial charge in [0.15, 0.2) is 0 Å². The molecule has 1 N–H and O–H groups in total. The molecule has 4 aromatic rings. The molecule has 2 heterocycles. The molecule has 6 heteroatoms. The van der Waals surface area contributed by atoms with Crippen LogP contribution < -0.4 is 10.9 Å². The van der Waals surface area contributed by atoms with Gasteiger partial charge in [-0.05, 0) is 37.6 Å². The van der Waals surface area contributed by atoms with Gasteiger partial charge in [-0.15, -0.1) is 0 Å².